The van der Waals surface area contributed by atoms with E-state index in [0.717, 1.165) is 31.6 Å². The third kappa shape index (κ3) is 9.59. The molecule has 0 rings (SSSR count). The summed E-state index contributed by atoms with van der Waals surface area (Å²) in [5.74, 6) is 6.79. The van der Waals surface area contributed by atoms with E-state index in [1.165, 1.54) is 0 Å². The van der Waals surface area contributed by atoms with Gasteiger partial charge in [0, 0.05) is 12.3 Å². The van der Waals surface area contributed by atoms with E-state index >= 15 is 0 Å². The summed E-state index contributed by atoms with van der Waals surface area (Å²) in [5.41, 5.74) is 0. The molecule has 0 unspecified atom stereocenters. The van der Waals surface area contributed by atoms with Gasteiger partial charge in [-0.05, 0) is 25.3 Å². The van der Waals surface area contributed by atoms with Crippen molar-refractivity contribution in [3.8, 4) is 11.8 Å². The lowest BCUT2D eigenvalue weighted by Gasteiger charge is -1.85. The topological polar surface area (TPSA) is 0 Å². The Balaban J connectivity index is 3.19. The van der Waals surface area contributed by atoms with Gasteiger partial charge >= 0.3 is 0 Å². The molecule has 0 aromatic carbocycles. The second kappa shape index (κ2) is 9.59. The number of halogens is 1. The van der Waals surface area contributed by atoms with Crippen molar-refractivity contribution in [2.45, 2.75) is 32.6 Å². The van der Waals surface area contributed by atoms with Crippen molar-refractivity contribution in [3.05, 3.63) is 12.2 Å². The highest BCUT2D eigenvalue weighted by Crippen LogP contribution is 1.94. The van der Waals surface area contributed by atoms with Gasteiger partial charge in [-0.25, -0.2) is 0 Å². The van der Waals surface area contributed by atoms with Crippen LogP contribution in [0.3, 0.4) is 0 Å². The highest BCUT2D eigenvalue weighted by atomic mass is 35.5. The zero-order valence-corrected chi connectivity index (χ0v) is 7.82. The summed E-state index contributed by atoms with van der Waals surface area (Å²) >= 11 is 5.50. The van der Waals surface area contributed by atoms with Crippen LogP contribution in [-0.4, -0.2) is 5.88 Å². The fraction of sp³-hybridized carbons (Fsp3) is 0.600. The van der Waals surface area contributed by atoms with Crippen molar-refractivity contribution in [2.75, 3.05) is 5.88 Å². The highest BCUT2D eigenvalue weighted by Gasteiger charge is 1.80. The van der Waals surface area contributed by atoms with Crippen LogP contribution in [0.25, 0.3) is 0 Å². The number of alkyl halides is 1. The molecule has 0 bridgehead atoms. The van der Waals surface area contributed by atoms with Crippen LogP contribution in [0.15, 0.2) is 12.2 Å². The third-order valence-electron chi connectivity index (χ3n) is 1.22. The van der Waals surface area contributed by atoms with Crippen LogP contribution >= 0.6 is 11.6 Å². The first-order chi connectivity index (χ1) is 5.41. The minimum absolute atomic E-state index is 0.756. The Labute approximate surface area is 74.6 Å². The molecule has 11 heavy (non-hydrogen) atoms. The summed E-state index contributed by atoms with van der Waals surface area (Å²) in [7, 11) is 0. The smallest absolute Gasteiger partial charge is 0.0223 e. The molecule has 0 amide bonds. The Morgan fingerprint density at radius 1 is 1.36 bits per heavy atom. The molecule has 0 N–H and O–H groups in total. The van der Waals surface area contributed by atoms with Crippen molar-refractivity contribution in [2.24, 2.45) is 0 Å². The van der Waals surface area contributed by atoms with Crippen molar-refractivity contribution in [3.63, 3.8) is 0 Å². The van der Waals surface area contributed by atoms with Gasteiger partial charge in [0.25, 0.3) is 0 Å². The Morgan fingerprint density at radius 3 is 2.82 bits per heavy atom. The molecule has 0 aliphatic heterocycles. The van der Waals surface area contributed by atoms with Crippen molar-refractivity contribution < 1.29 is 0 Å². The van der Waals surface area contributed by atoms with Gasteiger partial charge in [0.15, 0.2) is 0 Å². The summed E-state index contributed by atoms with van der Waals surface area (Å²) in [6.07, 6.45) is 8.22. The quantitative estimate of drug-likeness (QED) is 0.345. The molecule has 0 spiro atoms. The van der Waals surface area contributed by atoms with E-state index in [1.54, 1.807) is 0 Å². The number of rotatable bonds is 4. The highest BCUT2D eigenvalue weighted by molar-refractivity contribution is 6.17. The lowest BCUT2D eigenvalue weighted by atomic mass is 10.2. The number of hydrogen-bond acceptors (Lipinski definition) is 0. The first-order valence-electron chi connectivity index (χ1n) is 4.11. The molecule has 0 aliphatic carbocycles. The molecule has 0 radical (unpaired) electrons. The summed E-state index contributed by atoms with van der Waals surface area (Å²) in [5, 5.41) is 0. The molecule has 1 heteroatoms. The SMILES string of the molecule is CCC=CC#CCCCCCl. The van der Waals surface area contributed by atoms with Gasteiger partial charge in [-0.2, -0.15) is 0 Å². The molecular weight excluding hydrogens is 156 g/mol. The van der Waals surface area contributed by atoms with Crippen LogP contribution < -0.4 is 0 Å². The van der Waals surface area contributed by atoms with Gasteiger partial charge in [-0.1, -0.05) is 24.8 Å². The maximum Gasteiger partial charge on any atom is 0.0223 e. The maximum atomic E-state index is 5.50. The minimum Gasteiger partial charge on any atom is -0.127 e. The first kappa shape index (κ1) is 10.6. The lowest BCUT2D eigenvalue weighted by molar-refractivity contribution is 0.833. The van der Waals surface area contributed by atoms with E-state index < -0.39 is 0 Å². The second-order valence-corrected chi connectivity index (χ2v) is 2.66. The van der Waals surface area contributed by atoms with Gasteiger partial charge < -0.3 is 0 Å². The minimum atomic E-state index is 0.756. The second-order valence-electron chi connectivity index (χ2n) is 2.28. The molecule has 0 nitrogen and oxygen atoms in total. The largest absolute Gasteiger partial charge is 0.127 e. The van der Waals surface area contributed by atoms with Crippen molar-refractivity contribution in [1.29, 1.82) is 0 Å². The van der Waals surface area contributed by atoms with Crippen LogP contribution in [0.4, 0.5) is 0 Å². The maximum absolute atomic E-state index is 5.50. The molecule has 0 atom stereocenters. The molecular formula is C10H15Cl. The molecule has 0 aromatic heterocycles. The molecule has 0 saturated heterocycles. The van der Waals surface area contributed by atoms with E-state index in [1.807, 2.05) is 6.08 Å². The van der Waals surface area contributed by atoms with E-state index in [2.05, 4.69) is 24.8 Å². The first-order valence-corrected chi connectivity index (χ1v) is 4.64. The van der Waals surface area contributed by atoms with Crippen LogP contribution in [0.1, 0.15) is 32.6 Å². The van der Waals surface area contributed by atoms with Crippen LogP contribution in [0.2, 0.25) is 0 Å². The van der Waals surface area contributed by atoms with Gasteiger partial charge in [0.05, 0.1) is 0 Å². The lowest BCUT2D eigenvalue weighted by Crippen LogP contribution is -1.73. The molecule has 0 heterocycles. The predicted octanol–water partition coefficient (Wildman–Crippen LogP) is 3.37. The number of unbranched alkanes of at least 4 members (excludes halogenated alkanes) is 2. The summed E-state index contributed by atoms with van der Waals surface area (Å²) in [6.45, 7) is 2.10. The Kier molecular flexibility index (Phi) is 9.23. The fourth-order valence-corrected chi connectivity index (χ4v) is 0.805. The molecule has 0 fully saturated rings. The van der Waals surface area contributed by atoms with E-state index in [-0.39, 0.29) is 0 Å². The monoisotopic (exact) mass is 170 g/mol. The molecule has 0 aliphatic rings. The molecule has 62 valence electrons. The third-order valence-corrected chi connectivity index (χ3v) is 1.49. The average Bonchev–Trinajstić information content (AvgIpc) is 2.03. The van der Waals surface area contributed by atoms with Gasteiger partial charge in [-0.15, -0.1) is 11.6 Å². The standard InChI is InChI=1S/C10H15Cl/c1-2-3-4-5-6-7-8-9-10-11/h3-4H,2,7-10H2,1H3. The van der Waals surface area contributed by atoms with Crippen molar-refractivity contribution >= 4 is 11.6 Å². The number of allylic oxidation sites excluding steroid dienone is 2. The Hall–Kier alpha value is -0.410. The summed E-state index contributed by atoms with van der Waals surface area (Å²) < 4.78 is 0. The zero-order valence-electron chi connectivity index (χ0n) is 7.07. The van der Waals surface area contributed by atoms with Crippen LogP contribution in [0, 0.1) is 11.8 Å². The van der Waals surface area contributed by atoms with Crippen molar-refractivity contribution in [1.82, 2.24) is 0 Å². The van der Waals surface area contributed by atoms with Gasteiger partial charge in [0.1, 0.15) is 0 Å². The van der Waals surface area contributed by atoms with Crippen LogP contribution in [-0.2, 0) is 0 Å². The van der Waals surface area contributed by atoms with E-state index in [4.69, 9.17) is 11.6 Å². The van der Waals surface area contributed by atoms with Gasteiger partial charge in [0.2, 0.25) is 0 Å². The molecule has 0 aromatic rings. The summed E-state index contributed by atoms with van der Waals surface area (Å²) in [6, 6.07) is 0. The normalized spacial score (nSPS) is 9.64. The number of hydrogen-bond donors (Lipinski definition) is 0. The van der Waals surface area contributed by atoms with E-state index in [0.29, 0.717) is 0 Å². The molecule has 0 saturated carbocycles. The average molecular weight is 171 g/mol. The van der Waals surface area contributed by atoms with Crippen LogP contribution in [0.5, 0.6) is 0 Å². The Bertz CT molecular complexity index is 148. The summed E-state index contributed by atoms with van der Waals surface area (Å²) in [4.78, 5) is 0. The van der Waals surface area contributed by atoms with Gasteiger partial charge in [-0.3, -0.25) is 0 Å². The Morgan fingerprint density at radius 2 is 2.18 bits per heavy atom. The van der Waals surface area contributed by atoms with E-state index in [9.17, 15) is 0 Å². The fourth-order valence-electron chi connectivity index (χ4n) is 0.616. The zero-order chi connectivity index (χ0) is 8.36. The predicted molar refractivity (Wildman–Crippen MR) is 51.8 cm³/mol.